The summed E-state index contributed by atoms with van der Waals surface area (Å²) in [6, 6.07) is 4.66. The number of unbranched alkanes of at least 4 members (excludes halogenated alkanes) is 6. The Bertz CT molecular complexity index is 381. The van der Waals surface area contributed by atoms with Crippen LogP contribution in [0.2, 0.25) is 5.02 Å². The maximum Gasteiger partial charge on any atom is 0.124 e. The van der Waals surface area contributed by atoms with E-state index in [1.807, 2.05) is 0 Å². The van der Waals surface area contributed by atoms with Crippen molar-refractivity contribution in [3.8, 4) is 0 Å². The quantitative estimate of drug-likeness (QED) is 0.568. The molecule has 0 aliphatic rings. The summed E-state index contributed by atoms with van der Waals surface area (Å²) in [4.78, 5) is 0. The summed E-state index contributed by atoms with van der Waals surface area (Å²) in [5, 5.41) is 0.486. The van der Waals surface area contributed by atoms with Gasteiger partial charge in [-0.25, -0.2) is 4.39 Å². The average molecular weight is 300 g/mol. The third-order valence-corrected chi connectivity index (χ3v) is 4.03. The van der Waals surface area contributed by atoms with Crippen LogP contribution in [0.15, 0.2) is 18.2 Å². The van der Waals surface area contributed by atoms with E-state index in [0.717, 1.165) is 18.4 Å². The lowest BCUT2D eigenvalue weighted by molar-refractivity contribution is 0.528. The fourth-order valence-corrected chi connectivity index (χ4v) is 2.68. The largest absolute Gasteiger partial charge is 0.327 e. The first-order chi connectivity index (χ1) is 9.63. The Balaban J connectivity index is 2.15. The van der Waals surface area contributed by atoms with Gasteiger partial charge in [0.15, 0.2) is 0 Å². The third-order valence-electron chi connectivity index (χ3n) is 3.68. The van der Waals surface area contributed by atoms with Crippen molar-refractivity contribution < 1.29 is 4.39 Å². The Kier molecular flexibility index (Phi) is 8.88. The van der Waals surface area contributed by atoms with Gasteiger partial charge in [0.05, 0.1) is 0 Å². The minimum Gasteiger partial charge on any atom is -0.327 e. The molecule has 1 unspecified atom stereocenters. The van der Waals surface area contributed by atoms with E-state index in [9.17, 15) is 4.39 Å². The monoisotopic (exact) mass is 299 g/mol. The molecule has 0 spiro atoms. The standard InChI is InChI=1S/C17H27ClFN/c1-2-3-4-5-6-7-8-9-16(20)12-14-10-11-15(19)13-17(14)18/h10-11,13,16H,2-9,12,20H2,1H3. The number of nitrogens with two attached hydrogens (primary N) is 1. The molecule has 1 aromatic carbocycles. The van der Waals surface area contributed by atoms with Crippen molar-refractivity contribution in [1.29, 1.82) is 0 Å². The Morgan fingerprint density at radius 3 is 2.40 bits per heavy atom. The molecule has 1 atom stereocenters. The molecule has 0 fully saturated rings. The molecular weight excluding hydrogens is 273 g/mol. The lowest BCUT2D eigenvalue weighted by atomic mass is 10.00. The topological polar surface area (TPSA) is 26.0 Å². The highest BCUT2D eigenvalue weighted by atomic mass is 35.5. The first-order valence-corrected chi connectivity index (χ1v) is 8.20. The molecule has 1 aromatic rings. The first kappa shape index (κ1) is 17.5. The molecule has 20 heavy (non-hydrogen) atoms. The fraction of sp³-hybridized carbons (Fsp3) is 0.647. The first-order valence-electron chi connectivity index (χ1n) is 7.83. The van der Waals surface area contributed by atoms with Crippen LogP contribution in [0.3, 0.4) is 0 Å². The molecule has 3 heteroatoms. The second-order valence-electron chi connectivity index (χ2n) is 5.61. The molecule has 0 saturated carbocycles. The van der Waals surface area contributed by atoms with Gasteiger partial charge in [-0.1, -0.05) is 69.5 Å². The molecule has 114 valence electrons. The van der Waals surface area contributed by atoms with E-state index in [-0.39, 0.29) is 11.9 Å². The highest BCUT2D eigenvalue weighted by Gasteiger charge is 2.08. The molecular formula is C17H27ClFN. The average Bonchev–Trinajstić information content (AvgIpc) is 2.41. The van der Waals surface area contributed by atoms with Crippen LogP contribution in [0.25, 0.3) is 0 Å². The SMILES string of the molecule is CCCCCCCCCC(N)Cc1ccc(F)cc1Cl. The molecule has 0 saturated heterocycles. The van der Waals surface area contributed by atoms with Crippen LogP contribution < -0.4 is 5.73 Å². The van der Waals surface area contributed by atoms with E-state index >= 15 is 0 Å². The Labute approximate surface area is 127 Å². The zero-order chi connectivity index (χ0) is 14.8. The molecule has 0 radical (unpaired) electrons. The van der Waals surface area contributed by atoms with Gasteiger partial charge in [-0.2, -0.15) is 0 Å². The number of rotatable bonds is 10. The lowest BCUT2D eigenvalue weighted by Crippen LogP contribution is -2.22. The van der Waals surface area contributed by atoms with Crippen molar-refractivity contribution >= 4 is 11.6 Å². The van der Waals surface area contributed by atoms with Gasteiger partial charge in [0.2, 0.25) is 0 Å². The van der Waals surface area contributed by atoms with Gasteiger partial charge < -0.3 is 5.73 Å². The van der Waals surface area contributed by atoms with Gasteiger partial charge in [-0.3, -0.25) is 0 Å². The zero-order valence-electron chi connectivity index (χ0n) is 12.5. The van der Waals surface area contributed by atoms with Gasteiger partial charge >= 0.3 is 0 Å². The molecule has 1 nitrogen and oxygen atoms in total. The van der Waals surface area contributed by atoms with Crippen LogP contribution in [-0.4, -0.2) is 6.04 Å². The summed E-state index contributed by atoms with van der Waals surface area (Å²) in [6.07, 6.45) is 10.8. The van der Waals surface area contributed by atoms with E-state index in [4.69, 9.17) is 17.3 Å². The van der Waals surface area contributed by atoms with Crippen LogP contribution >= 0.6 is 11.6 Å². The zero-order valence-corrected chi connectivity index (χ0v) is 13.3. The highest BCUT2D eigenvalue weighted by molar-refractivity contribution is 6.31. The van der Waals surface area contributed by atoms with Crippen LogP contribution in [0.4, 0.5) is 4.39 Å². The van der Waals surface area contributed by atoms with Gasteiger partial charge in [0.1, 0.15) is 5.82 Å². The maximum atomic E-state index is 12.9. The predicted octanol–water partition coefficient (Wildman–Crippen LogP) is 5.49. The van der Waals surface area contributed by atoms with E-state index in [0.29, 0.717) is 5.02 Å². The molecule has 0 aliphatic carbocycles. The van der Waals surface area contributed by atoms with E-state index in [2.05, 4.69) is 6.92 Å². The number of hydrogen-bond acceptors (Lipinski definition) is 1. The molecule has 2 N–H and O–H groups in total. The molecule has 1 rings (SSSR count). The van der Waals surface area contributed by atoms with Gasteiger partial charge in [-0.15, -0.1) is 0 Å². The van der Waals surface area contributed by atoms with E-state index in [1.54, 1.807) is 6.07 Å². The summed E-state index contributed by atoms with van der Waals surface area (Å²) in [5.41, 5.74) is 7.07. The fourth-order valence-electron chi connectivity index (χ4n) is 2.44. The Morgan fingerprint density at radius 2 is 1.75 bits per heavy atom. The highest BCUT2D eigenvalue weighted by Crippen LogP contribution is 2.19. The molecule has 0 heterocycles. The molecule has 0 aromatic heterocycles. The number of hydrogen-bond donors (Lipinski definition) is 1. The lowest BCUT2D eigenvalue weighted by Gasteiger charge is -2.12. The summed E-state index contributed by atoms with van der Waals surface area (Å²) < 4.78 is 12.9. The van der Waals surface area contributed by atoms with Crippen molar-refractivity contribution in [3.63, 3.8) is 0 Å². The minimum absolute atomic E-state index is 0.119. The van der Waals surface area contributed by atoms with Crippen LogP contribution in [0.5, 0.6) is 0 Å². The van der Waals surface area contributed by atoms with Gasteiger partial charge in [-0.05, 0) is 30.5 Å². The van der Waals surface area contributed by atoms with Crippen molar-refractivity contribution in [2.45, 2.75) is 70.8 Å². The Morgan fingerprint density at radius 1 is 1.10 bits per heavy atom. The van der Waals surface area contributed by atoms with Crippen molar-refractivity contribution in [1.82, 2.24) is 0 Å². The second-order valence-corrected chi connectivity index (χ2v) is 6.02. The maximum absolute atomic E-state index is 12.9. The second kappa shape index (κ2) is 10.2. The minimum atomic E-state index is -0.292. The molecule has 0 amide bonds. The van der Waals surface area contributed by atoms with Crippen LogP contribution in [-0.2, 0) is 6.42 Å². The van der Waals surface area contributed by atoms with Crippen molar-refractivity contribution in [2.24, 2.45) is 5.73 Å². The van der Waals surface area contributed by atoms with Crippen LogP contribution in [0, 0.1) is 5.82 Å². The Hall–Kier alpha value is -0.600. The number of benzene rings is 1. The normalized spacial score (nSPS) is 12.6. The number of halogens is 2. The smallest absolute Gasteiger partial charge is 0.124 e. The van der Waals surface area contributed by atoms with Gasteiger partial charge in [0, 0.05) is 11.1 Å². The molecule has 0 aliphatic heterocycles. The summed E-state index contributed by atoms with van der Waals surface area (Å²) in [7, 11) is 0. The van der Waals surface area contributed by atoms with Gasteiger partial charge in [0.25, 0.3) is 0 Å². The summed E-state index contributed by atoms with van der Waals surface area (Å²) >= 11 is 6.01. The summed E-state index contributed by atoms with van der Waals surface area (Å²) in [6.45, 7) is 2.24. The van der Waals surface area contributed by atoms with Crippen LogP contribution in [0.1, 0.15) is 63.9 Å². The molecule has 0 bridgehead atoms. The van der Waals surface area contributed by atoms with Crippen molar-refractivity contribution in [3.05, 3.63) is 34.6 Å². The van der Waals surface area contributed by atoms with E-state index < -0.39 is 0 Å². The van der Waals surface area contributed by atoms with E-state index in [1.165, 1.54) is 57.1 Å². The predicted molar refractivity (Wildman–Crippen MR) is 85.7 cm³/mol. The summed E-state index contributed by atoms with van der Waals surface area (Å²) in [5.74, 6) is -0.292. The van der Waals surface area contributed by atoms with Crippen molar-refractivity contribution in [2.75, 3.05) is 0 Å². The third kappa shape index (κ3) is 7.25.